The van der Waals surface area contributed by atoms with Crippen LogP contribution < -0.4 is 4.72 Å². The summed E-state index contributed by atoms with van der Waals surface area (Å²) in [6.45, 7) is 0.157. The summed E-state index contributed by atoms with van der Waals surface area (Å²) >= 11 is 5.71. The molecule has 7 nitrogen and oxygen atoms in total. The second-order valence-electron chi connectivity index (χ2n) is 4.08. The van der Waals surface area contributed by atoms with Crippen LogP contribution in [0.25, 0.3) is 0 Å². The van der Waals surface area contributed by atoms with Crippen LogP contribution in [0.4, 0.5) is 0 Å². The number of rotatable bonds is 4. The molecule has 0 bridgehead atoms. The van der Waals surface area contributed by atoms with Crippen molar-refractivity contribution < 1.29 is 27.9 Å². The minimum atomic E-state index is -3.97. The first-order valence-electron chi connectivity index (χ1n) is 5.53. The first-order valence-corrected chi connectivity index (χ1v) is 7.39. The van der Waals surface area contributed by atoms with Crippen LogP contribution in [0.5, 0.6) is 0 Å². The van der Waals surface area contributed by atoms with Gasteiger partial charge in [-0.25, -0.2) is 13.2 Å². The Labute approximate surface area is 119 Å². The van der Waals surface area contributed by atoms with Gasteiger partial charge in [0.15, 0.2) is 0 Å². The first kappa shape index (κ1) is 14.8. The molecule has 1 fully saturated rings. The Kier molecular flexibility index (Phi) is 3.98. The molecule has 0 saturated carbocycles. The molecule has 1 aliphatic rings. The van der Waals surface area contributed by atoms with Crippen LogP contribution in [-0.4, -0.2) is 38.1 Å². The topological polar surface area (TPSA) is 110 Å². The molecule has 0 amide bonds. The van der Waals surface area contributed by atoms with Gasteiger partial charge >= 0.3 is 11.9 Å². The number of hydrogen-bond donors (Lipinski definition) is 2. The number of carboxylic acid groups (broad SMARTS) is 1. The van der Waals surface area contributed by atoms with E-state index in [1.807, 2.05) is 0 Å². The van der Waals surface area contributed by atoms with Crippen LogP contribution in [0.15, 0.2) is 23.1 Å². The summed E-state index contributed by atoms with van der Waals surface area (Å²) in [6.07, 6.45) is 0.249. The Balaban J connectivity index is 2.28. The lowest BCUT2D eigenvalue weighted by Gasteiger charge is -2.10. The van der Waals surface area contributed by atoms with E-state index in [1.54, 1.807) is 0 Å². The number of carboxylic acids is 1. The summed E-state index contributed by atoms with van der Waals surface area (Å²) in [5.41, 5.74) is -0.203. The van der Waals surface area contributed by atoms with Gasteiger partial charge in [0.05, 0.1) is 22.1 Å². The third kappa shape index (κ3) is 2.92. The second kappa shape index (κ2) is 5.39. The maximum atomic E-state index is 12.0. The van der Waals surface area contributed by atoms with Crippen LogP contribution in [0.2, 0.25) is 5.02 Å². The van der Waals surface area contributed by atoms with Crippen molar-refractivity contribution >= 4 is 33.6 Å². The molecule has 1 aliphatic heterocycles. The predicted octanol–water partition coefficient (Wildman–Crippen LogP) is 0.632. The fourth-order valence-corrected chi connectivity index (χ4v) is 3.27. The van der Waals surface area contributed by atoms with E-state index in [1.165, 1.54) is 0 Å². The fourth-order valence-electron chi connectivity index (χ4n) is 1.69. The lowest BCUT2D eigenvalue weighted by Crippen LogP contribution is -2.37. The van der Waals surface area contributed by atoms with Crippen molar-refractivity contribution in [2.24, 2.45) is 0 Å². The Bertz CT molecular complexity index is 671. The molecule has 1 aromatic rings. The monoisotopic (exact) mass is 319 g/mol. The van der Waals surface area contributed by atoms with E-state index in [2.05, 4.69) is 9.46 Å². The number of halogens is 1. The van der Waals surface area contributed by atoms with E-state index in [-0.39, 0.29) is 28.5 Å². The smallest absolute Gasteiger partial charge is 0.337 e. The molecule has 1 heterocycles. The molecular weight excluding hydrogens is 310 g/mol. The number of cyclic esters (lactones) is 1. The summed E-state index contributed by atoms with van der Waals surface area (Å²) in [5, 5.41) is 8.61. The van der Waals surface area contributed by atoms with E-state index < -0.39 is 28.0 Å². The minimum Gasteiger partial charge on any atom is -0.478 e. The number of nitrogens with one attached hydrogen (secondary N) is 1. The van der Waals surface area contributed by atoms with Crippen molar-refractivity contribution in [2.75, 3.05) is 6.61 Å². The largest absolute Gasteiger partial charge is 0.478 e. The third-order valence-electron chi connectivity index (χ3n) is 2.71. The highest BCUT2D eigenvalue weighted by Crippen LogP contribution is 2.21. The van der Waals surface area contributed by atoms with E-state index in [4.69, 9.17) is 16.7 Å². The zero-order chi connectivity index (χ0) is 14.9. The van der Waals surface area contributed by atoms with Gasteiger partial charge in [0.25, 0.3) is 0 Å². The first-order chi connectivity index (χ1) is 9.31. The van der Waals surface area contributed by atoms with E-state index in [0.717, 1.165) is 18.2 Å². The van der Waals surface area contributed by atoms with E-state index in [9.17, 15) is 18.0 Å². The van der Waals surface area contributed by atoms with Crippen molar-refractivity contribution in [3.8, 4) is 0 Å². The van der Waals surface area contributed by atoms with Gasteiger partial charge in [0.2, 0.25) is 10.0 Å². The highest BCUT2D eigenvalue weighted by molar-refractivity contribution is 7.89. The molecule has 1 atom stereocenters. The molecular formula is C11H10ClNO6S. The third-order valence-corrected chi connectivity index (χ3v) is 4.50. The standard InChI is InChI=1S/C11H10ClNO6S/c12-8-5-6(1-2-7(8)10(14)15)20(17,18)13-9-3-4-19-11(9)16/h1-2,5,9,13H,3-4H2,(H,14,15). The van der Waals surface area contributed by atoms with Gasteiger partial charge in [-0.05, 0) is 18.2 Å². The normalized spacial score (nSPS) is 18.9. The Morgan fingerprint density at radius 1 is 1.45 bits per heavy atom. The molecule has 0 spiro atoms. The number of ether oxygens (including phenoxy) is 1. The predicted molar refractivity (Wildman–Crippen MR) is 68.1 cm³/mol. The molecule has 1 aromatic carbocycles. The number of carbonyl (C=O) groups excluding carboxylic acids is 1. The number of hydrogen-bond acceptors (Lipinski definition) is 5. The number of sulfonamides is 1. The van der Waals surface area contributed by atoms with E-state index >= 15 is 0 Å². The van der Waals surface area contributed by atoms with Gasteiger partial charge < -0.3 is 9.84 Å². The lowest BCUT2D eigenvalue weighted by atomic mass is 10.2. The van der Waals surface area contributed by atoms with Gasteiger partial charge in [-0.2, -0.15) is 4.72 Å². The Hall–Kier alpha value is -1.64. The van der Waals surface area contributed by atoms with Crippen LogP contribution in [0.1, 0.15) is 16.8 Å². The average molecular weight is 320 g/mol. The molecule has 108 valence electrons. The number of esters is 1. The molecule has 0 aromatic heterocycles. The Morgan fingerprint density at radius 3 is 2.65 bits per heavy atom. The molecule has 2 N–H and O–H groups in total. The quantitative estimate of drug-likeness (QED) is 0.788. The van der Waals surface area contributed by atoms with Crippen molar-refractivity contribution in [3.05, 3.63) is 28.8 Å². The summed E-state index contributed by atoms with van der Waals surface area (Å²) < 4.78 is 30.9. The van der Waals surface area contributed by atoms with Crippen LogP contribution in [0, 0.1) is 0 Å². The maximum absolute atomic E-state index is 12.0. The molecule has 0 radical (unpaired) electrons. The van der Waals surface area contributed by atoms with Crippen LogP contribution >= 0.6 is 11.6 Å². The summed E-state index contributed by atoms with van der Waals surface area (Å²) in [5.74, 6) is -1.90. The fraction of sp³-hybridized carbons (Fsp3) is 0.273. The molecule has 0 aliphatic carbocycles. The van der Waals surface area contributed by atoms with Crippen molar-refractivity contribution in [2.45, 2.75) is 17.4 Å². The van der Waals surface area contributed by atoms with Gasteiger partial charge in [-0.3, -0.25) is 4.79 Å². The van der Waals surface area contributed by atoms with Gasteiger partial charge in [-0.1, -0.05) is 11.6 Å². The molecule has 2 rings (SSSR count). The maximum Gasteiger partial charge on any atom is 0.337 e. The van der Waals surface area contributed by atoms with Gasteiger partial charge in [-0.15, -0.1) is 0 Å². The lowest BCUT2D eigenvalue weighted by molar-refractivity contribution is -0.139. The summed E-state index contributed by atoms with van der Waals surface area (Å²) in [7, 11) is -3.97. The molecule has 1 unspecified atom stereocenters. The van der Waals surface area contributed by atoms with Crippen LogP contribution in [-0.2, 0) is 19.6 Å². The van der Waals surface area contributed by atoms with Gasteiger partial charge in [0.1, 0.15) is 6.04 Å². The molecule has 1 saturated heterocycles. The van der Waals surface area contributed by atoms with E-state index in [0.29, 0.717) is 0 Å². The summed E-state index contributed by atoms with van der Waals surface area (Å²) in [4.78, 5) is 21.8. The van der Waals surface area contributed by atoms with Crippen molar-refractivity contribution in [3.63, 3.8) is 0 Å². The van der Waals surface area contributed by atoms with Crippen molar-refractivity contribution in [1.29, 1.82) is 0 Å². The second-order valence-corrected chi connectivity index (χ2v) is 6.20. The number of carbonyl (C=O) groups is 2. The number of aromatic carboxylic acids is 1. The summed E-state index contributed by atoms with van der Waals surface area (Å²) in [6, 6.07) is 2.29. The Morgan fingerprint density at radius 2 is 2.15 bits per heavy atom. The zero-order valence-corrected chi connectivity index (χ0v) is 11.6. The molecule has 20 heavy (non-hydrogen) atoms. The zero-order valence-electron chi connectivity index (χ0n) is 10.00. The average Bonchev–Trinajstić information content (AvgIpc) is 2.73. The van der Waals surface area contributed by atoms with Crippen LogP contribution in [0.3, 0.4) is 0 Å². The van der Waals surface area contributed by atoms with Crippen molar-refractivity contribution in [1.82, 2.24) is 4.72 Å². The molecule has 9 heteroatoms. The van der Waals surface area contributed by atoms with Gasteiger partial charge in [0, 0.05) is 6.42 Å². The minimum absolute atomic E-state index is 0.157. The highest BCUT2D eigenvalue weighted by atomic mass is 35.5. The highest BCUT2D eigenvalue weighted by Gasteiger charge is 2.31. The number of benzene rings is 1. The SMILES string of the molecule is O=C(O)c1ccc(S(=O)(=O)NC2CCOC2=O)cc1Cl.